The Hall–Kier alpha value is -0.730. The maximum absolute atomic E-state index is 13.6. The molecular formula is C39H90F3N3O10. The second kappa shape index (κ2) is 37.5. The van der Waals surface area contributed by atoms with Gasteiger partial charge in [-0.15, -0.1) is 0 Å². The van der Waals surface area contributed by atoms with Crippen molar-refractivity contribution in [3.05, 3.63) is 0 Å². The van der Waals surface area contributed by atoms with E-state index in [1.54, 1.807) is 13.8 Å². The van der Waals surface area contributed by atoms with Crippen molar-refractivity contribution >= 4 is 0 Å². The van der Waals surface area contributed by atoms with Crippen LogP contribution in [0.1, 0.15) is 104 Å². The van der Waals surface area contributed by atoms with Gasteiger partial charge in [0.1, 0.15) is 42.8 Å². The maximum atomic E-state index is 13.6. The zero-order chi connectivity index (χ0) is 45.6. The Bertz CT molecular complexity index is 736. The van der Waals surface area contributed by atoms with Gasteiger partial charge in [0, 0.05) is 54.5 Å². The molecule has 0 radical (unpaired) electrons. The lowest BCUT2D eigenvalue weighted by Gasteiger charge is -2.45. The number of methoxy groups -OCH3 is 6. The molecule has 3 saturated carbocycles. The summed E-state index contributed by atoms with van der Waals surface area (Å²) in [6.45, 7) is 28.6. The van der Waals surface area contributed by atoms with E-state index < -0.39 is 103 Å². The van der Waals surface area contributed by atoms with Gasteiger partial charge in [-0.2, -0.15) is 0 Å². The molecule has 0 amide bonds. The van der Waals surface area contributed by atoms with E-state index >= 15 is 0 Å². The monoisotopic (exact) mass is 818 g/mol. The third-order valence-electron chi connectivity index (χ3n) is 9.17. The first-order chi connectivity index (χ1) is 26.0. The summed E-state index contributed by atoms with van der Waals surface area (Å²) in [6.07, 6.45) is -8.86. The summed E-state index contributed by atoms with van der Waals surface area (Å²) < 4.78 is 70.9. The average molecular weight is 818 g/mol. The molecule has 3 aliphatic rings. The molecule has 0 saturated heterocycles. The third-order valence-corrected chi connectivity index (χ3v) is 9.17. The molecule has 0 aromatic rings. The van der Waals surface area contributed by atoms with Crippen molar-refractivity contribution in [3.8, 4) is 0 Å². The summed E-state index contributed by atoms with van der Waals surface area (Å²) in [5.74, 6) is -5.23. The fraction of sp³-hybridized carbons (Fsp3) is 1.00. The predicted octanol–water partition coefficient (Wildman–Crippen LogP) is 4.55. The number of hydrogen-bond acceptors (Lipinski definition) is 13. The van der Waals surface area contributed by atoms with Gasteiger partial charge in [0.05, 0.1) is 48.5 Å². The van der Waals surface area contributed by atoms with E-state index in [2.05, 4.69) is 0 Å². The Balaban J connectivity index is -0.000000143. The molecule has 3 aliphatic carbocycles. The summed E-state index contributed by atoms with van der Waals surface area (Å²) in [4.78, 5) is 0. The molecule has 3 rings (SSSR count). The summed E-state index contributed by atoms with van der Waals surface area (Å²) in [6, 6.07) is -2.74. The first kappa shape index (κ1) is 66.1. The fourth-order valence-corrected chi connectivity index (χ4v) is 6.01. The minimum absolute atomic E-state index is 0.304. The summed E-state index contributed by atoms with van der Waals surface area (Å²) >= 11 is 0. The molecule has 16 heteroatoms. The number of halogens is 3. The lowest BCUT2D eigenvalue weighted by atomic mass is 9.77. The summed E-state index contributed by atoms with van der Waals surface area (Å²) in [5, 5.41) is 38.9. The van der Waals surface area contributed by atoms with E-state index in [0.717, 1.165) is 0 Å². The lowest BCUT2D eigenvalue weighted by molar-refractivity contribution is -0.229. The Morgan fingerprint density at radius 1 is 0.418 bits per heavy atom. The van der Waals surface area contributed by atoms with Crippen molar-refractivity contribution in [2.45, 2.75) is 195 Å². The van der Waals surface area contributed by atoms with E-state index in [0.29, 0.717) is 0 Å². The van der Waals surface area contributed by atoms with Crippen LogP contribution in [-0.4, -0.2) is 154 Å². The fourth-order valence-electron chi connectivity index (χ4n) is 6.01. The normalized spacial score (nSPS) is 38.1. The van der Waals surface area contributed by atoms with E-state index in [-0.39, 0.29) is 5.92 Å². The molecule has 17 atom stereocenters. The average Bonchev–Trinajstić information content (AvgIpc) is 3.24. The Kier molecular flexibility index (Phi) is 45.1. The van der Waals surface area contributed by atoms with Crippen molar-refractivity contribution in [2.75, 3.05) is 42.7 Å². The maximum Gasteiger partial charge on any atom is 0.270 e. The summed E-state index contributed by atoms with van der Waals surface area (Å²) in [7, 11) is 8.49. The van der Waals surface area contributed by atoms with Crippen molar-refractivity contribution in [2.24, 2.45) is 35.0 Å². The third kappa shape index (κ3) is 18.4. The highest BCUT2D eigenvalue weighted by molar-refractivity contribution is 5.05. The lowest BCUT2D eigenvalue weighted by Crippen LogP contribution is -2.67. The van der Waals surface area contributed by atoms with Crippen LogP contribution < -0.4 is 17.2 Å². The zero-order valence-corrected chi connectivity index (χ0v) is 38.4. The van der Waals surface area contributed by atoms with E-state index in [1.807, 2.05) is 83.1 Å². The molecule has 0 aromatic carbocycles. The Morgan fingerprint density at radius 3 is 1.00 bits per heavy atom. The Morgan fingerprint density at radius 2 is 0.691 bits per heavy atom. The second-order valence-corrected chi connectivity index (χ2v) is 11.5. The van der Waals surface area contributed by atoms with Gasteiger partial charge in [0.25, 0.3) is 5.92 Å². The van der Waals surface area contributed by atoms with E-state index in [1.165, 1.54) is 49.6 Å². The molecule has 0 bridgehead atoms. The molecule has 3 fully saturated rings. The molecular weight excluding hydrogens is 727 g/mol. The second-order valence-electron chi connectivity index (χ2n) is 11.5. The topological polar surface area (TPSA) is 214 Å². The minimum atomic E-state index is -3.16. The SMILES string of the molecule is CC.CC.CC.CC.CC.CC.CO[C@@H]1[C@@H](O)[C@H](C)C(F)(F)[C@H](N)[C@H]1OC.CO[C@@H]1[C@@H](O)[C@H](C)C(F)[C@H](N)[C@H]1OC.CO[C@@H]1[C@@H](O)[C@H](C)C(O)[C@H](N)[C@H]1OC. The van der Waals surface area contributed by atoms with Crippen molar-refractivity contribution in [1.29, 1.82) is 0 Å². The van der Waals surface area contributed by atoms with E-state index in [9.17, 15) is 33.6 Å². The molecule has 55 heavy (non-hydrogen) atoms. The van der Waals surface area contributed by atoms with Gasteiger partial charge < -0.3 is 66.0 Å². The predicted molar refractivity (Wildman–Crippen MR) is 218 cm³/mol. The number of aliphatic hydroxyl groups excluding tert-OH is 4. The quantitative estimate of drug-likeness (QED) is 0.196. The van der Waals surface area contributed by atoms with Crippen molar-refractivity contribution in [3.63, 3.8) is 0 Å². The molecule has 10 N–H and O–H groups in total. The van der Waals surface area contributed by atoms with Crippen LogP contribution in [0.25, 0.3) is 0 Å². The standard InChI is InChI=1S/C9H17F2NO3.C9H18FNO3.C9H19NO4.6C2H6/c1-4-5(13)6(14-2)7(15-3)8(12)9(4,10)11;1-4-5(10)6(11)8(13-2)9(14-3)7(4)12;1-4-6(11)5(10)8(13-2)9(14-3)7(4)12;6*1-2/h4-8,13H,12H2,1-3H3;4-9,12H,11H2,1-3H3;4-9,11-12H,10H2,1-3H3;6*1-2H3/t4-,5-,6+,7-,8+;4-,5?,6+,7+,8-,9-;4-,5+,6?,7+,8-,9-;;;;;;/m011....../s1. The highest BCUT2D eigenvalue weighted by Gasteiger charge is 2.58. The van der Waals surface area contributed by atoms with Crippen molar-refractivity contribution < 1.29 is 62.0 Å². The number of hydrogen-bond donors (Lipinski definition) is 7. The van der Waals surface area contributed by atoms with Gasteiger partial charge >= 0.3 is 0 Å². The van der Waals surface area contributed by atoms with Gasteiger partial charge in [0.2, 0.25) is 0 Å². The van der Waals surface area contributed by atoms with Gasteiger partial charge in [-0.1, -0.05) is 104 Å². The van der Waals surface area contributed by atoms with Gasteiger partial charge in [0.15, 0.2) is 0 Å². The van der Waals surface area contributed by atoms with Crippen LogP contribution in [0.4, 0.5) is 13.2 Å². The molecule has 13 nitrogen and oxygen atoms in total. The van der Waals surface area contributed by atoms with Crippen LogP contribution in [-0.2, 0) is 28.4 Å². The van der Waals surface area contributed by atoms with Gasteiger partial charge in [-0.25, -0.2) is 13.2 Å². The van der Waals surface area contributed by atoms with E-state index in [4.69, 9.17) is 45.6 Å². The molecule has 0 aliphatic heterocycles. The van der Waals surface area contributed by atoms with Crippen LogP contribution in [0.2, 0.25) is 0 Å². The molecule has 342 valence electrons. The number of ether oxygens (including phenoxy) is 6. The number of aliphatic hydroxyl groups is 4. The first-order valence-corrected chi connectivity index (χ1v) is 20.1. The van der Waals surface area contributed by atoms with Gasteiger partial charge in [-0.3, -0.25) is 0 Å². The van der Waals surface area contributed by atoms with Crippen LogP contribution in [0.5, 0.6) is 0 Å². The highest BCUT2D eigenvalue weighted by atomic mass is 19.3. The number of nitrogens with two attached hydrogens (primary N) is 3. The smallest absolute Gasteiger partial charge is 0.270 e. The highest BCUT2D eigenvalue weighted by Crippen LogP contribution is 2.39. The molecule has 0 heterocycles. The van der Waals surface area contributed by atoms with Crippen molar-refractivity contribution in [1.82, 2.24) is 0 Å². The summed E-state index contributed by atoms with van der Waals surface area (Å²) in [5.41, 5.74) is 16.9. The van der Waals surface area contributed by atoms with Crippen LogP contribution >= 0.6 is 0 Å². The first-order valence-electron chi connectivity index (χ1n) is 20.1. The number of alkyl halides is 3. The molecule has 2 unspecified atom stereocenters. The van der Waals surface area contributed by atoms with Crippen LogP contribution in [0.3, 0.4) is 0 Å². The Labute approximate surface area is 334 Å². The van der Waals surface area contributed by atoms with Gasteiger partial charge in [-0.05, 0) is 0 Å². The minimum Gasteiger partial charge on any atom is -0.391 e. The van der Waals surface area contributed by atoms with Crippen LogP contribution in [0.15, 0.2) is 0 Å². The van der Waals surface area contributed by atoms with Crippen LogP contribution in [0, 0.1) is 17.8 Å². The number of rotatable bonds is 6. The largest absolute Gasteiger partial charge is 0.391 e. The molecule has 0 aromatic heterocycles. The zero-order valence-electron chi connectivity index (χ0n) is 38.4. The molecule has 0 spiro atoms.